The van der Waals surface area contributed by atoms with Gasteiger partial charge in [-0.2, -0.15) is 0 Å². The SMILES string of the molecule is CCCOCCOCCOCCN(C)C(=O)CN(CC(=O)N(C)CCOCCOCCOCCC(=O)O)C(=O)CCOCCNC(=O)OCC1c2ccccc2-c2ccccc21. The number of aliphatic carboxylic acids is 1. The lowest BCUT2D eigenvalue weighted by Crippen LogP contribution is -2.47. The van der Waals surface area contributed by atoms with Crippen LogP contribution in [-0.2, 0) is 57.1 Å². The van der Waals surface area contributed by atoms with Crippen LogP contribution in [0.4, 0.5) is 4.79 Å². The van der Waals surface area contributed by atoms with E-state index in [1.807, 2.05) is 43.3 Å². The standard InChI is InChI=1S/C44H66N4O14/c1-4-18-55-24-28-60-30-26-58-22-16-46(2)41(50)32-48(33-42(51)47(3)17-23-59-27-31-61-29-25-57-20-14-43(52)53)40(49)13-19-56-21-15-45-44(54)62-34-39-37-11-7-5-9-35(37)36-10-6-8-12-38(36)39/h5-12,39H,4,13-34H2,1-3H3,(H,45,54)(H,52,53). The van der Waals surface area contributed by atoms with Crippen LogP contribution < -0.4 is 5.32 Å². The fraction of sp³-hybridized carbons (Fsp3) is 0.614. The molecule has 1 aliphatic rings. The first-order chi connectivity index (χ1) is 30.1. The van der Waals surface area contributed by atoms with Crippen LogP contribution in [0.2, 0.25) is 0 Å². The normalized spacial score (nSPS) is 11.8. The molecular formula is C44H66N4O14. The first-order valence-corrected chi connectivity index (χ1v) is 21.2. The topological polar surface area (TPSA) is 201 Å². The number of carboxylic acids is 1. The number of carboxylic acid groups (broad SMARTS) is 1. The predicted octanol–water partition coefficient (Wildman–Crippen LogP) is 2.66. The van der Waals surface area contributed by atoms with Crippen molar-refractivity contribution in [2.45, 2.75) is 32.1 Å². The number of benzene rings is 2. The molecular weight excluding hydrogens is 808 g/mol. The average Bonchev–Trinajstić information content (AvgIpc) is 3.59. The van der Waals surface area contributed by atoms with E-state index in [-0.39, 0.29) is 116 Å². The summed E-state index contributed by atoms with van der Waals surface area (Å²) in [5.74, 6) is -2.20. The van der Waals surface area contributed by atoms with Gasteiger partial charge in [-0.3, -0.25) is 19.2 Å². The summed E-state index contributed by atoms with van der Waals surface area (Å²) in [6.07, 6.45) is 0.200. The third kappa shape index (κ3) is 20.5. The second-order valence-electron chi connectivity index (χ2n) is 14.3. The van der Waals surface area contributed by atoms with Crippen LogP contribution in [0.1, 0.15) is 43.2 Å². The van der Waals surface area contributed by atoms with E-state index in [9.17, 15) is 24.0 Å². The van der Waals surface area contributed by atoms with E-state index < -0.39 is 18.0 Å². The van der Waals surface area contributed by atoms with Crippen molar-refractivity contribution in [1.82, 2.24) is 20.0 Å². The molecule has 0 unspecified atom stereocenters. The predicted molar refractivity (Wildman–Crippen MR) is 228 cm³/mol. The molecule has 0 heterocycles. The number of nitrogens with zero attached hydrogens (tertiary/aromatic N) is 3. The van der Waals surface area contributed by atoms with Crippen LogP contribution in [0, 0.1) is 0 Å². The molecule has 0 aromatic heterocycles. The van der Waals surface area contributed by atoms with Gasteiger partial charge in [0.15, 0.2) is 0 Å². The van der Waals surface area contributed by atoms with Gasteiger partial charge in [-0.25, -0.2) is 4.79 Å². The maximum absolute atomic E-state index is 13.4. The monoisotopic (exact) mass is 874 g/mol. The van der Waals surface area contributed by atoms with E-state index in [2.05, 4.69) is 17.4 Å². The highest BCUT2D eigenvalue weighted by Crippen LogP contribution is 2.44. The van der Waals surface area contributed by atoms with E-state index in [0.717, 1.165) is 28.7 Å². The summed E-state index contributed by atoms with van der Waals surface area (Å²) in [5, 5.41) is 11.3. The fourth-order valence-corrected chi connectivity index (χ4v) is 6.13. The van der Waals surface area contributed by atoms with Crippen molar-refractivity contribution in [3.63, 3.8) is 0 Å². The lowest BCUT2D eigenvalue weighted by Gasteiger charge is -2.27. The van der Waals surface area contributed by atoms with E-state index in [4.69, 9.17) is 43.0 Å². The zero-order valence-corrected chi connectivity index (χ0v) is 36.6. The fourth-order valence-electron chi connectivity index (χ4n) is 6.13. The van der Waals surface area contributed by atoms with Gasteiger partial charge in [0.1, 0.15) is 19.7 Å². The maximum Gasteiger partial charge on any atom is 0.407 e. The van der Waals surface area contributed by atoms with Crippen molar-refractivity contribution < 1.29 is 67.0 Å². The minimum Gasteiger partial charge on any atom is -0.481 e. The molecule has 0 aliphatic heterocycles. The van der Waals surface area contributed by atoms with Gasteiger partial charge in [0, 0.05) is 46.3 Å². The van der Waals surface area contributed by atoms with Gasteiger partial charge in [-0.15, -0.1) is 0 Å². The molecule has 18 nitrogen and oxygen atoms in total. The first-order valence-electron chi connectivity index (χ1n) is 21.2. The molecule has 1 aliphatic carbocycles. The maximum atomic E-state index is 13.4. The van der Waals surface area contributed by atoms with Crippen molar-refractivity contribution in [1.29, 1.82) is 0 Å². The van der Waals surface area contributed by atoms with E-state index in [1.54, 1.807) is 14.1 Å². The smallest absolute Gasteiger partial charge is 0.407 e. The lowest BCUT2D eigenvalue weighted by molar-refractivity contribution is -0.145. The number of amides is 4. The van der Waals surface area contributed by atoms with Gasteiger partial charge in [0.2, 0.25) is 17.7 Å². The number of carbonyl (C=O) groups is 5. The number of carbonyl (C=O) groups excluding carboxylic acids is 4. The molecule has 2 aromatic carbocycles. The Kier molecular flexibility index (Phi) is 26.0. The third-order valence-corrected chi connectivity index (χ3v) is 9.61. The molecule has 0 saturated heterocycles. The molecule has 2 aromatic rings. The largest absolute Gasteiger partial charge is 0.481 e. The van der Waals surface area contributed by atoms with Crippen LogP contribution in [0.15, 0.2) is 48.5 Å². The van der Waals surface area contributed by atoms with Crippen LogP contribution in [-0.4, -0.2) is 196 Å². The van der Waals surface area contributed by atoms with Gasteiger partial charge in [-0.1, -0.05) is 55.5 Å². The number of hydrogen-bond donors (Lipinski definition) is 2. The van der Waals surface area contributed by atoms with Gasteiger partial charge < -0.3 is 63.0 Å². The second kappa shape index (κ2) is 31.2. The van der Waals surface area contributed by atoms with Crippen molar-refractivity contribution in [2.75, 3.05) is 146 Å². The molecule has 2 N–H and O–H groups in total. The van der Waals surface area contributed by atoms with Crippen molar-refractivity contribution >= 4 is 29.8 Å². The highest BCUT2D eigenvalue weighted by Gasteiger charge is 2.29. The molecule has 4 amide bonds. The summed E-state index contributed by atoms with van der Waals surface area (Å²) >= 11 is 0. The Labute approximate surface area is 365 Å². The minimum absolute atomic E-state index is 0.000767. The molecule has 3 rings (SSSR count). The Morgan fingerprint density at radius 2 is 1.00 bits per heavy atom. The quantitative estimate of drug-likeness (QED) is 0.0958. The number of ether oxygens (including phenoxy) is 8. The summed E-state index contributed by atoms with van der Waals surface area (Å²) in [6, 6.07) is 16.2. The van der Waals surface area contributed by atoms with Gasteiger partial charge in [0.25, 0.3) is 0 Å². The molecule has 346 valence electrons. The van der Waals surface area contributed by atoms with Crippen molar-refractivity contribution in [3.8, 4) is 11.1 Å². The molecule has 18 heteroatoms. The number of likely N-dealkylation sites (N-methyl/N-ethyl adjacent to an activating group) is 2. The highest BCUT2D eigenvalue weighted by molar-refractivity contribution is 5.89. The van der Waals surface area contributed by atoms with E-state index in [1.165, 1.54) is 14.7 Å². The number of fused-ring (bicyclic) bond motifs is 3. The van der Waals surface area contributed by atoms with E-state index in [0.29, 0.717) is 46.2 Å². The van der Waals surface area contributed by atoms with Gasteiger partial charge >= 0.3 is 12.1 Å². The summed E-state index contributed by atoms with van der Waals surface area (Å²) in [7, 11) is 3.18. The lowest BCUT2D eigenvalue weighted by atomic mass is 9.98. The Bertz CT molecular complexity index is 1590. The molecule has 0 spiro atoms. The van der Waals surface area contributed by atoms with Crippen molar-refractivity contribution in [3.05, 3.63) is 59.7 Å². The van der Waals surface area contributed by atoms with Crippen LogP contribution >= 0.6 is 0 Å². The Morgan fingerprint density at radius 3 is 1.50 bits per heavy atom. The molecule has 0 saturated carbocycles. The summed E-state index contributed by atoms with van der Waals surface area (Å²) in [5.41, 5.74) is 4.50. The Balaban J connectivity index is 1.38. The zero-order chi connectivity index (χ0) is 44.8. The summed E-state index contributed by atoms with van der Waals surface area (Å²) in [6.45, 7) is 6.48. The molecule has 0 fully saturated rings. The van der Waals surface area contributed by atoms with Crippen molar-refractivity contribution in [2.24, 2.45) is 0 Å². The third-order valence-electron chi connectivity index (χ3n) is 9.61. The van der Waals surface area contributed by atoms with Crippen LogP contribution in [0.25, 0.3) is 11.1 Å². The highest BCUT2D eigenvalue weighted by atomic mass is 16.6. The average molecular weight is 875 g/mol. The second-order valence-corrected chi connectivity index (χ2v) is 14.3. The first kappa shape index (κ1) is 51.7. The minimum atomic E-state index is -0.927. The molecule has 0 radical (unpaired) electrons. The number of alkyl carbamates (subject to hydrolysis) is 1. The summed E-state index contributed by atoms with van der Waals surface area (Å²) in [4.78, 5) is 66.9. The van der Waals surface area contributed by atoms with Crippen LogP contribution in [0.3, 0.4) is 0 Å². The zero-order valence-electron chi connectivity index (χ0n) is 36.6. The number of nitrogens with one attached hydrogen (secondary N) is 1. The Morgan fingerprint density at radius 1 is 0.565 bits per heavy atom. The van der Waals surface area contributed by atoms with Gasteiger partial charge in [-0.05, 0) is 28.7 Å². The molecule has 0 atom stereocenters. The number of hydrogen-bond acceptors (Lipinski definition) is 13. The summed E-state index contributed by atoms with van der Waals surface area (Å²) < 4.78 is 43.7. The Hall–Kier alpha value is -4.69. The number of rotatable bonds is 35. The van der Waals surface area contributed by atoms with E-state index >= 15 is 0 Å². The van der Waals surface area contributed by atoms with Crippen LogP contribution in [0.5, 0.6) is 0 Å². The molecule has 62 heavy (non-hydrogen) atoms. The van der Waals surface area contributed by atoms with Gasteiger partial charge in [0.05, 0.1) is 98.7 Å². The molecule has 0 bridgehead atoms.